The Balaban J connectivity index is 1.38. The van der Waals surface area contributed by atoms with Crippen molar-refractivity contribution in [2.24, 2.45) is 10.6 Å². The smallest absolute Gasteiger partial charge is 0.315 e. The zero-order valence-electron chi connectivity index (χ0n) is 20.5. The summed E-state index contributed by atoms with van der Waals surface area (Å²) in [6.07, 6.45) is 0. The van der Waals surface area contributed by atoms with Crippen LogP contribution in [-0.4, -0.2) is 21.8 Å². The topological polar surface area (TPSA) is 94.2 Å². The van der Waals surface area contributed by atoms with Crippen LogP contribution >= 0.6 is 0 Å². The number of aliphatic carboxylic acids is 1. The molecule has 0 aliphatic carbocycles. The third-order valence-electron chi connectivity index (χ3n) is 5.77. The van der Waals surface area contributed by atoms with Crippen molar-refractivity contribution in [3.63, 3.8) is 0 Å². The van der Waals surface area contributed by atoms with Crippen LogP contribution in [0.5, 0.6) is 5.75 Å². The predicted octanol–water partition coefficient (Wildman–Crippen LogP) is 6.26. The molecule has 3 aromatic carbocycles. The van der Waals surface area contributed by atoms with Crippen molar-refractivity contribution in [2.75, 3.05) is 0 Å². The van der Waals surface area contributed by atoms with Gasteiger partial charge in [0.2, 0.25) is 5.89 Å². The Morgan fingerprint density at radius 3 is 2.22 bits per heavy atom. The van der Waals surface area contributed by atoms with Gasteiger partial charge in [-0.3, -0.25) is 4.79 Å². The zero-order chi connectivity index (χ0) is 25.5. The van der Waals surface area contributed by atoms with Crippen molar-refractivity contribution >= 4 is 11.7 Å². The molecule has 0 aliphatic rings. The summed E-state index contributed by atoms with van der Waals surface area (Å²) in [4.78, 5) is 21.9. The van der Waals surface area contributed by atoms with Gasteiger partial charge in [0.25, 0.3) is 0 Å². The van der Waals surface area contributed by atoms with Crippen LogP contribution in [0.4, 0.5) is 0 Å². The molecule has 36 heavy (non-hydrogen) atoms. The number of hydrogen-bond donors (Lipinski definition) is 1. The van der Waals surface area contributed by atoms with Crippen molar-refractivity contribution in [2.45, 2.75) is 34.0 Å². The number of oxazole rings is 1. The average molecular weight is 485 g/mol. The fourth-order valence-electron chi connectivity index (χ4n) is 3.50. The molecule has 4 rings (SSSR count). The Bertz CT molecular complexity index is 1330. The van der Waals surface area contributed by atoms with Crippen molar-refractivity contribution in [1.29, 1.82) is 0 Å². The second kappa shape index (κ2) is 10.9. The van der Waals surface area contributed by atoms with Crippen LogP contribution in [-0.2, 0) is 22.8 Å². The monoisotopic (exact) mass is 484 g/mol. The van der Waals surface area contributed by atoms with Crippen LogP contribution in [0.15, 0.2) is 94.5 Å². The summed E-state index contributed by atoms with van der Waals surface area (Å²) in [5.41, 5.74) is 2.38. The van der Waals surface area contributed by atoms with E-state index in [-0.39, 0.29) is 13.2 Å². The number of benzene rings is 3. The first-order valence-corrected chi connectivity index (χ1v) is 11.6. The lowest BCUT2D eigenvalue weighted by atomic mass is 9.83. The summed E-state index contributed by atoms with van der Waals surface area (Å²) in [5, 5.41) is 13.9. The highest BCUT2D eigenvalue weighted by Crippen LogP contribution is 2.25. The molecule has 1 N–H and O–H groups in total. The minimum absolute atomic E-state index is 0.190. The van der Waals surface area contributed by atoms with E-state index in [4.69, 9.17) is 14.0 Å². The number of carboxylic acids is 1. The highest BCUT2D eigenvalue weighted by atomic mass is 16.6. The fourth-order valence-corrected chi connectivity index (χ4v) is 3.50. The van der Waals surface area contributed by atoms with E-state index >= 15 is 0 Å². The lowest BCUT2D eigenvalue weighted by Crippen LogP contribution is -2.34. The zero-order valence-corrected chi connectivity index (χ0v) is 20.5. The molecule has 0 bridgehead atoms. The highest BCUT2D eigenvalue weighted by Gasteiger charge is 2.35. The third-order valence-corrected chi connectivity index (χ3v) is 5.77. The van der Waals surface area contributed by atoms with Gasteiger partial charge in [-0.1, -0.05) is 65.8 Å². The van der Waals surface area contributed by atoms with E-state index < -0.39 is 11.4 Å². The minimum atomic E-state index is -1.21. The maximum Gasteiger partial charge on any atom is 0.315 e. The summed E-state index contributed by atoms with van der Waals surface area (Å²) in [7, 11) is 0. The fraction of sp³-hybridized carbons (Fsp3) is 0.207. The van der Waals surface area contributed by atoms with E-state index in [2.05, 4.69) is 10.1 Å². The SMILES string of the molecule is Cc1oc(-c2ccccc2)nc1COc1ccc(CO/N=C(/c2ccccc2)C(C)(C)C(=O)O)cc1. The molecule has 0 aliphatic heterocycles. The number of rotatable bonds is 10. The maximum atomic E-state index is 11.8. The summed E-state index contributed by atoms with van der Waals surface area (Å²) in [6.45, 7) is 5.56. The minimum Gasteiger partial charge on any atom is -0.487 e. The first kappa shape index (κ1) is 24.7. The molecule has 184 valence electrons. The molecule has 0 amide bonds. The first-order valence-electron chi connectivity index (χ1n) is 11.6. The van der Waals surface area contributed by atoms with Crippen LogP contribution in [0.25, 0.3) is 11.5 Å². The van der Waals surface area contributed by atoms with E-state index in [0.717, 1.165) is 22.6 Å². The summed E-state index contributed by atoms with van der Waals surface area (Å²) in [6, 6.07) is 26.3. The van der Waals surface area contributed by atoms with Gasteiger partial charge in [0.1, 0.15) is 41.5 Å². The maximum absolute atomic E-state index is 11.8. The first-order chi connectivity index (χ1) is 17.3. The number of ether oxygens (including phenoxy) is 1. The Morgan fingerprint density at radius 2 is 1.58 bits per heavy atom. The van der Waals surface area contributed by atoms with E-state index in [9.17, 15) is 9.90 Å². The number of nitrogens with zero attached hydrogens (tertiary/aromatic N) is 2. The molecule has 0 radical (unpaired) electrons. The Hall–Kier alpha value is -4.39. The standard InChI is InChI=1S/C29H28N2O5/c1-20-25(30-27(36-20)23-12-8-5-9-13-23)19-34-24-16-14-21(15-17-24)18-35-31-26(29(2,3)28(32)33)22-10-6-4-7-11-22/h4-17H,18-19H2,1-3H3,(H,32,33)/b31-26-. The van der Waals surface area contributed by atoms with E-state index in [1.54, 1.807) is 13.8 Å². The summed E-state index contributed by atoms with van der Waals surface area (Å²) >= 11 is 0. The van der Waals surface area contributed by atoms with Crippen molar-refractivity contribution in [3.05, 3.63) is 108 Å². The van der Waals surface area contributed by atoms with Gasteiger partial charge in [0.15, 0.2) is 0 Å². The van der Waals surface area contributed by atoms with Gasteiger partial charge in [-0.15, -0.1) is 0 Å². The second-order valence-corrected chi connectivity index (χ2v) is 8.83. The Labute approximate surface area is 210 Å². The molecule has 0 saturated heterocycles. The second-order valence-electron chi connectivity index (χ2n) is 8.83. The largest absolute Gasteiger partial charge is 0.487 e. The van der Waals surface area contributed by atoms with Crippen molar-refractivity contribution in [3.8, 4) is 17.2 Å². The predicted molar refractivity (Wildman–Crippen MR) is 137 cm³/mol. The van der Waals surface area contributed by atoms with Crippen LogP contribution in [0.3, 0.4) is 0 Å². The van der Waals surface area contributed by atoms with Gasteiger partial charge < -0.3 is 19.1 Å². The van der Waals surface area contributed by atoms with Gasteiger partial charge in [0.05, 0.1) is 0 Å². The molecule has 0 saturated carbocycles. The van der Waals surface area contributed by atoms with Gasteiger partial charge in [-0.2, -0.15) is 0 Å². The normalized spacial score (nSPS) is 11.8. The Kier molecular flexibility index (Phi) is 7.49. The number of hydrogen-bond acceptors (Lipinski definition) is 6. The molecule has 7 heteroatoms. The number of aromatic nitrogens is 1. The highest BCUT2D eigenvalue weighted by molar-refractivity contribution is 6.14. The molecule has 0 atom stereocenters. The van der Waals surface area contributed by atoms with E-state index in [1.165, 1.54) is 0 Å². The molecule has 0 fully saturated rings. The molecule has 0 spiro atoms. The average Bonchev–Trinajstić information content (AvgIpc) is 3.27. The van der Waals surface area contributed by atoms with Crippen molar-refractivity contribution in [1.82, 2.24) is 4.98 Å². The lowest BCUT2D eigenvalue weighted by molar-refractivity contribution is -0.143. The van der Waals surface area contributed by atoms with Crippen LogP contribution in [0, 0.1) is 12.3 Å². The molecule has 7 nitrogen and oxygen atoms in total. The number of aryl methyl sites for hydroxylation is 1. The molecule has 1 heterocycles. The number of carbonyl (C=O) groups is 1. The van der Waals surface area contributed by atoms with E-state index in [0.29, 0.717) is 22.9 Å². The quantitative estimate of drug-likeness (QED) is 0.211. The van der Waals surface area contributed by atoms with Crippen molar-refractivity contribution < 1.29 is 23.9 Å². The molecule has 0 unspecified atom stereocenters. The molecule has 4 aromatic rings. The number of carboxylic acid groups (broad SMARTS) is 1. The molecule has 1 aromatic heterocycles. The Morgan fingerprint density at radius 1 is 0.944 bits per heavy atom. The third kappa shape index (κ3) is 5.81. The van der Waals surface area contributed by atoms with Crippen LogP contribution in [0.2, 0.25) is 0 Å². The number of oxime groups is 1. The van der Waals surface area contributed by atoms with Gasteiger partial charge >= 0.3 is 5.97 Å². The van der Waals surface area contributed by atoms with Gasteiger partial charge in [-0.05, 0) is 50.6 Å². The van der Waals surface area contributed by atoms with Crippen LogP contribution < -0.4 is 4.74 Å². The molecular formula is C29H28N2O5. The van der Waals surface area contributed by atoms with E-state index in [1.807, 2.05) is 91.9 Å². The summed E-state index contributed by atoms with van der Waals surface area (Å²) < 4.78 is 11.7. The van der Waals surface area contributed by atoms with Crippen LogP contribution in [0.1, 0.15) is 36.4 Å². The van der Waals surface area contributed by atoms with Gasteiger partial charge in [0, 0.05) is 11.1 Å². The lowest BCUT2D eigenvalue weighted by Gasteiger charge is -2.21. The summed E-state index contributed by atoms with van der Waals surface area (Å²) in [5.74, 6) is 0.993. The van der Waals surface area contributed by atoms with Gasteiger partial charge in [-0.25, -0.2) is 4.98 Å². The molecular weight excluding hydrogens is 456 g/mol.